The van der Waals surface area contributed by atoms with E-state index in [1.165, 1.54) is 5.56 Å². The van der Waals surface area contributed by atoms with E-state index in [0.717, 1.165) is 12.0 Å². The van der Waals surface area contributed by atoms with Crippen LogP contribution < -0.4 is 5.32 Å². The van der Waals surface area contributed by atoms with Crippen LogP contribution in [0.2, 0.25) is 0 Å². The number of ether oxygens (including phenoxy) is 2. The summed E-state index contributed by atoms with van der Waals surface area (Å²) in [4.78, 5) is 25.5. The molecule has 0 aliphatic carbocycles. The van der Waals surface area contributed by atoms with Gasteiger partial charge >= 0.3 is 12.0 Å². The molecule has 0 radical (unpaired) electrons. The molecule has 1 aromatic carbocycles. The van der Waals surface area contributed by atoms with Gasteiger partial charge in [-0.15, -0.1) is 0 Å². The molecule has 2 amide bonds. The van der Waals surface area contributed by atoms with Gasteiger partial charge in [0.2, 0.25) is 0 Å². The average molecular weight is 362 g/mol. The number of amides is 2. The van der Waals surface area contributed by atoms with E-state index in [2.05, 4.69) is 11.4 Å². The molecule has 2 atom stereocenters. The van der Waals surface area contributed by atoms with E-state index in [1.807, 2.05) is 18.2 Å². The standard InChI is InChI=1S/C19H26N2O5/c1-18(16(22)23)8-9-21(12-18)17(24)20-11-19(13-25-2)15-6-4-3-5-14(15)7-10-26-19/h3-6H,7-13H2,1-2H3,(H,20,24)(H,22,23). The molecule has 0 bridgehead atoms. The third-order valence-electron chi connectivity index (χ3n) is 5.44. The zero-order chi connectivity index (χ0) is 18.8. The third-order valence-corrected chi connectivity index (χ3v) is 5.44. The molecule has 0 spiro atoms. The van der Waals surface area contributed by atoms with Crippen molar-refractivity contribution in [1.29, 1.82) is 0 Å². The largest absolute Gasteiger partial charge is 0.481 e. The summed E-state index contributed by atoms with van der Waals surface area (Å²) in [6, 6.07) is 7.77. The molecule has 2 aliphatic rings. The summed E-state index contributed by atoms with van der Waals surface area (Å²) in [5.41, 5.74) is 0.625. The molecule has 7 heteroatoms. The highest BCUT2D eigenvalue weighted by Crippen LogP contribution is 2.34. The molecule has 1 aromatic rings. The minimum Gasteiger partial charge on any atom is -0.481 e. The first kappa shape index (κ1) is 18.7. The minimum atomic E-state index is -0.879. The quantitative estimate of drug-likeness (QED) is 0.831. The number of likely N-dealkylation sites (tertiary alicyclic amines) is 1. The van der Waals surface area contributed by atoms with E-state index >= 15 is 0 Å². The smallest absolute Gasteiger partial charge is 0.317 e. The molecule has 2 unspecified atom stereocenters. The molecule has 1 saturated heterocycles. The monoisotopic (exact) mass is 362 g/mol. The van der Waals surface area contributed by atoms with E-state index in [1.54, 1.807) is 18.9 Å². The van der Waals surface area contributed by atoms with E-state index in [9.17, 15) is 14.7 Å². The van der Waals surface area contributed by atoms with Crippen molar-refractivity contribution in [3.05, 3.63) is 35.4 Å². The molecule has 142 valence electrons. The maximum absolute atomic E-state index is 12.6. The van der Waals surface area contributed by atoms with Crippen molar-refractivity contribution in [2.45, 2.75) is 25.4 Å². The molecule has 2 aliphatic heterocycles. The Bertz CT molecular complexity index is 694. The van der Waals surface area contributed by atoms with Gasteiger partial charge in [-0.3, -0.25) is 4.79 Å². The molecule has 0 aromatic heterocycles. The van der Waals surface area contributed by atoms with Crippen LogP contribution >= 0.6 is 0 Å². The number of nitrogens with zero attached hydrogens (tertiary/aromatic N) is 1. The second kappa shape index (κ2) is 7.25. The molecule has 2 N–H and O–H groups in total. The summed E-state index contributed by atoms with van der Waals surface area (Å²) in [5, 5.41) is 12.3. The van der Waals surface area contributed by atoms with Gasteiger partial charge in [0.25, 0.3) is 0 Å². The Kier molecular flexibility index (Phi) is 5.20. The highest BCUT2D eigenvalue weighted by Gasteiger charge is 2.43. The Hall–Kier alpha value is -2.12. The number of carboxylic acid groups (broad SMARTS) is 1. The number of nitrogens with one attached hydrogen (secondary N) is 1. The average Bonchev–Trinajstić information content (AvgIpc) is 3.04. The van der Waals surface area contributed by atoms with Crippen molar-refractivity contribution in [2.24, 2.45) is 5.41 Å². The van der Waals surface area contributed by atoms with Crippen LogP contribution in [0.25, 0.3) is 0 Å². The lowest BCUT2D eigenvalue weighted by Crippen LogP contribution is -2.51. The number of rotatable bonds is 5. The minimum absolute atomic E-state index is 0.211. The Balaban J connectivity index is 1.71. The van der Waals surface area contributed by atoms with Crippen molar-refractivity contribution >= 4 is 12.0 Å². The number of carbonyl (C=O) groups excluding carboxylic acids is 1. The van der Waals surface area contributed by atoms with E-state index in [0.29, 0.717) is 26.2 Å². The lowest BCUT2D eigenvalue weighted by molar-refractivity contribution is -0.147. The molecular weight excluding hydrogens is 336 g/mol. The van der Waals surface area contributed by atoms with Crippen LogP contribution in [-0.4, -0.2) is 62.0 Å². The molecule has 26 heavy (non-hydrogen) atoms. The highest BCUT2D eigenvalue weighted by molar-refractivity contribution is 5.79. The number of carboxylic acids is 1. The molecule has 1 fully saturated rings. The van der Waals surface area contributed by atoms with Crippen LogP contribution in [-0.2, 0) is 26.3 Å². The zero-order valence-electron chi connectivity index (χ0n) is 15.3. The van der Waals surface area contributed by atoms with Crippen LogP contribution in [0, 0.1) is 5.41 Å². The first-order valence-corrected chi connectivity index (χ1v) is 8.88. The second-order valence-corrected chi connectivity index (χ2v) is 7.38. The number of benzene rings is 1. The maximum Gasteiger partial charge on any atom is 0.317 e. The van der Waals surface area contributed by atoms with Gasteiger partial charge in [0.1, 0.15) is 5.60 Å². The number of urea groups is 1. The summed E-state index contributed by atoms with van der Waals surface area (Å²) >= 11 is 0. The van der Waals surface area contributed by atoms with Gasteiger partial charge in [-0.1, -0.05) is 24.3 Å². The first-order chi connectivity index (χ1) is 12.4. The normalized spacial score (nSPS) is 27.8. The van der Waals surface area contributed by atoms with Gasteiger partial charge in [0.05, 0.1) is 25.2 Å². The topological polar surface area (TPSA) is 88.1 Å². The number of methoxy groups -OCH3 is 1. The number of fused-ring (bicyclic) bond motifs is 1. The Morgan fingerprint density at radius 1 is 1.38 bits per heavy atom. The van der Waals surface area contributed by atoms with E-state index < -0.39 is 17.0 Å². The lowest BCUT2D eigenvalue weighted by atomic mass is 9.86. The zero-order valence-corrected chi connectivity index (χ0v) is 15.3. The third kappa shape index (κ3) is 3.41. The van der Waals surface area contributed by atoms with Crippen LogP contribution in [0.4, 0.5) is 4.79 Å². The predicted molar refractivity (Wildman–Crippen MR) is 95.0 cm³/mol. The van der Waals surface area contributed by atoms with Crippen LogP contribution in [0.5, 0.6) is 0 Å². The van der Waals surface area contributed by atoms with Crippen LogP contribution in [0.15, 0.2) is 24.3 Å². The summed E-state index contributed by atoms with van der Waals surface area (Å²) in [7, 11) is 1.61. The van der Waals surface area contributed by atoms with Gasteiger partial charge < -0.3 is 24.8 Å². The van der Waals surface area contributed by atoms with E-state index in [4.69, 9.17) is 9.47 Å². The maximum atomic E-state index is 12.6. The molecule has 7 nitrogen and oxygen atoms in total. The fourth-order valence-corrected chi connectivity index (χ4v) is 3.81. The van der Waals surface area contributed by atoms with Crippen LogP contribution in [0.1, 0.15) is 24.5 Å². The molecular formula is C19H26N2O5. The second-order valence-electron chi connectivity index (χ2n) is 7.38. The summed E-state index contributed by atoms with van der Waals surface area (Å²) in [6.07, 6.45) is 1.29. The Labute approximate surface area is 153 Å². The van der Waals surface area contributed by atoms with Gasteiger partial charge in [0, 0.05) is 20.2 Å². The molecule has 2 heterocycles. The van der Waals surface area contributed by atoms with Gasteiger partial charge in [-0.2, -0.15) is 0 Å². The summed E-state index contributed by atoms with van der Waals surface area (Å²) < 4.78 is 11.5. The van der Waals surface area contributed by atoms with Crippen molar-refractivity contribution < 1.29 is 24.2 Å². The van der Waals surface area contributed by atoms with Gasteiger partial charge in [-0.05, 0) is 30.9 Å². The number of hydrogen-bond donors (Lipinski definition) is 2. The highest BCUT2D eigenvalue weighted by atomic mass is 16.5. The fraction of sp³-hybridized carbons (Fsp3) is 0.579. The Morgan fingerprint density at radius 2 is 2.15 bits per heavy atom. The van der Waals surface area contributed by atoms with E-state index in [-0.39, 0.29) is 19.1 Å². The lowest BCUT2D eigenvalue weighted by Gasteiger charge is -2.39. The fourth-order valence-electron chi connectivity index (χ4n) is 3.81. The van der Waals surface area contributed by atoms with Crippen molar-refractivity contribution in [3.63, 3.8) is 0 Å². The van der Waals surface area contributed by atoms with Crippen molar-refractivity contribution in [1.82, 2.24) is 10.2 Å². The van der Waals surface area contributed by atoms with Crippen LogP contribution in [0.3, 0.4) is 0 Å². The molecule has 3 rings (SSSR count). The Morgan fingerprint density at radius 3 is 2.85 bits per heavy atom. The summed E-state index contributed by atoms with van der Waals surface area (Å²) in [6.45, 7) is 3.49. The number of aliphatic carboxylic acids is 1. The molecule has 0 saturated carbocycles. The summed E-state index contributed by atoms with van der Waals surface area (Å²) in [5.74, 6) is -0.867. The van der Waals surface area contributed by atoms with Gasteiger partial charge in [0.15, 0.2) is 0 Å². The number of hydrogen-bond acceptors (Lipinski definition) is 4. The van der Waals surface area contributed by atoms with Gasteiger partial charge in [-0.25, -0.2) is 4.79 Å². The number of carbonyl (C=O) groups is 2. The van der Waals surface area contributed by atoms with Crippen molar-refractivity contribution in [2.75, 3.05) is 40.0 Å². The SMILES string of the molecule is COCC1(CNC(=O)N2CCC(C)(C(=O)O)C2)OCCc2ccccc21. The van der Waals surface area contributed by atoms with Crippen molar-refractivity contribution in [3.8, 4) is 0 Å². The first-order valence-electron chi connectivity index (χ1n) is 8.88. The predicted octanol–water partition coefficient (Wildman–Crippen LogP) is 1.61.